The molecule has 0 aliphatic rings. The summed E-state index contributed by atoms with van der Waals surface area (Å²) in [5, 5.41) is 8.45. The van der Waals surface area contributed by atoms with Gasteiger partial charge in [-0.3, -0.25) is 0 Å². The normalized spacial score (nSPS) is 11.1. The van der Waals surface area contributed by atoms with Crippen molar-refractivity contribution >= 4 is 0 Å². The highest BCUT2D eigenvalue weighted by Crippen LogP contribution is 1.84. The molecule has 0 heterocycles. The number of hydrogen-bond donors (Lipinski definition) is 1. The van der Waals surface area contributed by atoms with Gasteiger partial charge in [-0.1, -0.05) is 0 Å². The Kier molecular flexibility index (Phi) is 9.80. The van der Waals surface area contributed by atoms with Crippen LogP contribution < -0.4 is 0 Å². The first kappa shape index (κ1) is 12.8. The Labute approximate surface area is 80.4 Å². The van der Waals surface area contributed by atoms with Crippen molar-refractivity contribution in [3.63, 3.8) is 0 Å². The maximum Gasteiger partial charge on any atom is 0.0698 e. The van der Waals surface area contributed by atoms with E-state index >= 15 is 0 Å². The number of aliphatic hydroxyl groups excluding tert-OH is 1. The first-order chi connectivity index (χ1) is 6.31. The summed E-state index contributed by atoms with van der Waals surface area (Å²) in [5.74, 6) is 0. The molecule has 0 aliphatic carbocycles. The summed E-state index contributed by atoms with van der Waals surface area (Å²) < 4.78 is 10.3. The van der Waals surface area contributed by atoms with E-state index in [1.54, 1.807) is 0 Å². The van der Waals surface area contributed by atoms with Gasteiger partial charge in [-0.05, 0) is 14.0 Å². The molecule has 0 saturated heterocycles. The monoisotopic (exact) mass is 191 g/mol. The Bertz CT molecular complexity index is 101. The molecule has 4 heteroatoms. The molecule has 0 radical (unpaired) electrons. The van der Waals surface area contributed by atoms with Gasteiger partial charge in [0.15, 0.2) is 0 Å². The predicted octanol–water partition coefficient (Wildman–Crippen LogP) is -0.0364. The van der Waals surface area contributed by atoms with Crippen LogP contribution in [0.3, 0.4) is 0 Å². The van der Waals surface area contributed by atoms with Crippen LogP contribution in [0.1, 0.15) is 6.92 Å². The van der Waals surface area contributed by atoms with E-state index in [-0.39, 0.29) is 6.61 Å². The number of hydrogen-bond acceptors (Lipinski definition) is 4. The lowest BCUT2D eigenvalue weighted by molar-refractivity contribution is 0.0683. The highest BCUT2D eigenvalue weighted by Gasteiger charge is 1.96. The standard InChI is InChI=1S/C9H21NO3/c1-3-12-7-4-10(2)5-8-13-9-6-11/h11H,3-9H2,1-2H3. The zero-order valence-electron chi connectivity index (χ0n) is 8.66. The highest BCUT2D eigenvalue weighted by atomic mass is 16.5. The lowest BCUT2D eigenvalue weighted by Gasteiger charge is -2.15. The Morgan fingerprint density at radius 2 is 1.69 bits per heavy atom. The Morgan fingerprint density at radius 3 is 2.23 bits per heavy atom. The lowest BCUT2D eigenvalue weighted by Crippen LogP contribution is -2.27. The minimum Gasteiger partial charge on any atom is -0.394 e. The van der Waals surface area contributed by atoms with E-state index in [9.17, 15) is 0 Å². The van der Waals surface area contributed by atoms with E-state index in [1.807, 2.05) is 14.0 Å². The van der Waals surface area contributed by atoms with E-state index in [2.05, 4.69) is 4.90 Å². The second kappa shape index (κ2) is 9.92. The fraction of sp³-hybridized carbons (Fsp3) is 1.00. The van der Waals surface area contributed by atoms with Gasteiger partial charge in [-0.2, -0.15) is 0 Å². The van der Waals surface area contributed by atoms with Gasteiger partial charge >= 0.3 is 0 Å². The summed E-state index contributed by atoms with van der Waals surface area (Å²) in [6, 6.07) is 0. The number of nitrogens with zero attached hydrogens (tertiary/aromatic N) is 1. The zero-order chi connectivity index (χ0) is 9.94. The zero-order valence-corrected chi connectivity index (χ0v) is 8.66. The molecule has 0 unspecified atom stereocenters. The third-order valence-corrected chi connectivity index (χ3v) is 1.67. The van der Waals surface area contributed by atoms with E-state index in [0.29, 0.717) is 13.2 Å². The third-order valence-electron chi connectivity index (χ3n) is 1.67. The number of rotatable bonds is 9. The van der Waals surface area contributed by atoms with Crippen LogP contribution >= 0.6 is 0 Å². The molecule has 13 heavy (non-hydrogen) atoms. The molecule has 80 valence electrons. The molecule has 0 rings (SSSR count). The molecule has 0 saturated carbocycles. The van der Waals surface area contributed by atoms with Crippen molar-refractivity contribution in [1.29, 1.82) is 0 Å². The first-order valence-electron chi connectivity index (χ1n) is 4.76. The van der Waals surface area contributed by atoms with Crippen molar-refractivity contribution in [2.24, 2.45) is 0 Å². The summed E-state index contributed by atoms with van der Waals surface area (Å²) in [6.07, 6.45) is 0. The van der Waals surface area contributed by atoms with E-state index in [0.717, 1.165) is 26.3 Å². The minimum absolute atomic E-state index is 0.0999. The lowest BCUT2D eigenvalue weighted by atomic mass is 10.5. The molecule has 1 N–H and O–H groups in total. The summed E-state index contributed by atoms with van der Waals surface area (Å²) in [4.78, 5) is 2.15. The predicted molar refractivity (Wildman–Crippen MR) is 51.9 cm³/mol. The third kappa shape index (κ3) is 9.76. The van der Waals surface area contributed by atoms with Gasteiger partial charge < -0.3 is 19.5 Å². The van der Waals surface area contributed by atoms with Gasteiger partial charge in [0.2, 0.25) is 0 Å². The summed E-state index contributed by atoms with van der Waals surface area (Å²) in [5.41, 5.74) is 0. The summed E-state index contributed by atoms with van der Waals surface area (Å²) >= 11 is 0. The van der Waals surface area contributed by atoms with Crippen LogP contribution in [0.15, 0.2) is 0 Å². The van der Waals surface area contributed by atoms with E-state index < -0.39 is 0 Å². The minimum atomic E-state index is 0.0999. The second-order valence-electron chi connectivity index (χ2n) is 2.84. The van der Waals surface area contributed by atoms with Crippen molar-refractivity contribution in [1.82, 2.24) is 4.90 Å². The molecular formula is C9H21NO3. The van der Waals surface area contributed by atoms with Gasteiger partial charge in [0, 0.05) is 19.7 Å². The molecule has 0 fully saturated rings. The Balaban J connectivity index is 3.05. The first-order valence-corrected chi connectivity index (χ1v) is 4.76. The summed E-state index contributed by atoms with van der Waals surface area (Å²) in [7, 11) is 2.03. The van der Waals surface area contributed by atoms with E-state index in [4.69, 9.17) is 14.6 Å². The molecule has 0 aromatic rings. The van der Waals surface area contributed by atoms with Crippen LogP contribution in [0, 0.1) is 0 Å². The maximum atomic E-state index is 8.45. The van der Waals surface area contributed by atoms with Gasteiger partial charge in [0.05, 0.1) is 26.4 Å². The highest BCUT2D eigenvalue weighted by molar-refractivity contribution is 4.48. The average molecular weight is 191 g/mol. The van der Waals surface area contributed by atoms with Crippen LogP contribution in [-0.4, -0.2) is 63.2 Å². The Morgan fingerprint density at radius 1 is 1.08 bits per heavy atom. The van der Waals surface area contributed by atoms with Crippen LogP contribution in [-0.2, 0) is 9.47 Å². The molecule has 0 amide bonds. The van der Waals surface area contributed by atoms with Crippen LogP contribution in [0.5, 0.6) is 0 Å². The van der Waals surface area contributed by atoms with E-state index in [1.165, 1.54) is 0 Å². The number of likely N-dealkylation sites (N-methyl/N-ethyl adjacent to an activating group) is 1. The number of aliphatic hydroxyl groups is 1. The van der Waals surface area contributed by atoms with Crippen molar-refractivity contribution in [3.8, 4) is 0 Å². The van der Waals surface area contributed by atoms with Crippen LogP contribution in [0.2, 0.25) is 0 Å². The van der Waals surface area contributed by atoms with Gasteiger partial charge in [0.25, 0.3) is 0 Å². The largest absolute Gasteiger partial charge is 0.394 e. The van der Waals surface area contributed by atoms with Crippen LogP contribution in [0.25, 0.3) is 0 Å². The van der Waals surface area contributed by atoms with Crippen molar-refractivity contribution in [2.45, 2.75) is 6.92 Å². The van der Waals surface area contributed by atoms with Crippen molar-refractivity contribution in [3.05, 3.63) is 0 Å². The van der Waals surface area contributed by atoms with Crippen molar-refractivity contribution < 1.29 is 14.6 Å². The SMILES string of the molecule is CCOCCN(C)CCOCCO. The molecule has 0 aromatic heterocycles. The second-order valence-corrected chi connectivity index (χ2v) is 2.84. The van der Waals surface area contributed by atoms with Gasteiger partial charge in [-0.25, -0.2) is 0 Å². The molecule has 0 spiro atoms. The topological polar surface area (TPSA) is 41.9 Å². The molecule has 0 bridgehead atoms. The smallest absolute Gasteiger partial charge is 0.0698 e. The molecule has 0 atom stereocenters. The van der Waals surface area contributed by atoms with Gasteiger partial charge in [0.1, 0.15) is 0 Å². The molecule has 0 aliphatic heterocycles. The molecule has 4 nitrogen and oxygen atoms in total. The van der Waals surface area contributed by atoms with Crippen LogP contribution in [0.4, 0.5) is 0 Å². The quantitative estimate of drug-likeness (QED) is 0.519. The Hall–Kier alpha value is -0.160. The maximum absolute atomic E-state index is 8.45. The fourth-order valence-corrected chi connectivity index (χ4v) is 0.864. The molecule has 0 aromatic carbocycles. The average Bonchev–Trinajstić information content (AvgIpc) is 2.13. The van der Waals surface area contributed by atoms with Gasteiger partial charge in [-0.15, -0.1) is 0 Å². The summed E-state index contributed by atoms with van der Waals surface area (Å²) in [6.45, 7) is 6.54. The number of ether oxygens (including phenoxy) is 2. The fourth-order valence-electron chi connectivity index (χ4n) is 0.864. The van der Waals surface area contributed by atoms with Crippen molar-refractivity contribution in [2.75, 3.05) is 53.2 Å². The molecular weight excluding hydrogens is 170 g/mol.